The average Bonchev–Trinajstić information content (AvgIpc) is 1.82. The normalized spacial score (nSPS) is 7.42. The van der Waals surface area contributed by atoms with E-state index in [0.29, 0.717) is 0 Å². The van der Waals surface area contributed by atoms with Crippen LogP contribution < -0.4 is 177 Å². The van der Waals surface area contributed by atoms with E-state index in [1.54, 1.807) is 0 Å². The van der Waals surface area contributed by atoms with Gasteiger partial charge < -0.3 is 29.0 Å². The Kier molecular flexibility index (Phi) is 51.4. The molecule has 86 valence electrons. The summed E-state index contributed by atoms with van der Waals surface area (Å²) in [7, 11) is 0. The van der Waals surface area contributed by atoms with E-state index >= 15 is 0 Å². The summed E-state index contributed by atoms with van der Waals surface area (Å²) in [5.74, 6) is -5.02. The third-order valence-electron chi connectivity index (χ3n) is 1.29. The fraction of sp³-hybridized carbons (Fsp3) is 0.500. The molecular weight excluding hydrogens is 322 g/mol. The van der Waals surface area contributed by atoms with Crippen molar-refractivity contribution in [2.24, 2.45) is 0 Å². The van der Waals surface area contributed by atoms with Crippen LogP contribution in [0.3, 0.4) is 0 Å². The van der Waals surface area contributed by atoms with Gasteiger partial charge in [-0.1, -0.05) is 0 Å². The van der Waals surface area contributed by atoms with Gasteiger partial charge in [-0.15, -0.1) is 0 Å². The Balaban J connectivity index is -0.0000000109. The number of aliphatic hydroxyl groups is 1. The van der Waals surface area contributed by atoms with Crippen LogP contribution in [-0.2, 0) is 14.4 Å². The summed E-state index contributed by atoms with van der Waals surface area (Å²) in [5, 5.41) is 33.8. The van der Waals surface area contributed by atoms with Crippen LogP contribution in [0.5, 0.6) is 0 Å². The molecule has 0 rings (SSSR count). The third-order valence-corrected chi connectivity index (χ3v) is 1.29. The van der Waals surface area contributed by atoms with Crippen molar-refractivity contribution < 1.29 is 221 Å². The van der Waals surface area contributed by atoms with Crippen LogP contribution in [0.4, 0.5) is 0 Å². The van der Waals surface area contributed by atoms with Crippen LogP contribution in [0.15, 0.2) is 0 Å². The molecule has 0 unspecified atom stereocenters. The minimum absolute atomic E-state index is 0. The number of carboxylic acid groups (broad SMARTS) is 3. The van der Waals surface area contributed by atoms with Crippen molar-refractivity contribution in [3.05, 3.63) is 0 Å². The van der Waals surface area contributed by atoms with Crippen LogP contribution in [0.1, 0.15) is 21.4 Å². The molecule has 0 spiro atoms. The minimum Gasteiger partial charge on any atom is -1.00 e. The zero-order chi connectivity index (χ0) is 10.6. The van der Waals surface area contributed by atoms with Gasteiger partial charge in [0, 0.05) is 0 Å². The molecule has 13 heteroatoms. The molecule has 0 fully saturated rings. The van der Waals surface area contributed by atoms with Crippen molar-refractivity contribution in [3.63, 3.8) is 0 Å². The number of rotatable bonds is 5. The standard InChI is InChI=1S/C6H8O7.6Na.6H/c7-3(8)1-6(13,5(11)12)2-4(9)10;;;;;;;;;;;;/h13H,1-2H2,(H,7,8)(H,9,10)(H,11,12);;;;;;;;;;;;/q;6*+1;6*-1. The second-order valence-corrected chi connectivity index (χ2v) is 2.48. The van der Waals surface area contributed by atoms with Gasteiger partial charge in [-0.05, 0) is 0 Å². The van der Waals surface area contributed by atoms with Gasteiger partial charge in [-0.3, -0.25) is 9.59 Å². The largest absolute Gasteiger partial charge is 1.00 e. The first-order chi connectivity index (χ1) is 5.78. The zero-order valence-electron chi connectivity index (χ0n) is 18.4. The number of aliphatic carboxylic acids is 3. The molecule has 0 saturated carbocycles. The SMILES string of the molecule is O=C(O)CC(O)(CC(=O)O)C(=O)O.[H-].[H-].[H-].[H-].[H-].[H-].[Na+].[Na+].[Na+].[Na+].[Na+].[Na+]. The van der Waals surface area contributed by atoms with Crippen molar-refractivity contribution in [2.45, 2.75) is 18.4 Å². The predicted molar refractivity (Wildman–Crippen MR) is 43.8 cm³/mol. The maximum Gasteiger partial charge on any atom is 1.00 e. The maximum atomic E-state index is 10.3. The van der Waals surface area contributed by atoms with E-state index in [4.69, 9.17) is 20.4 Å². The Morgan fingerprint density at radius 1 is 0.737 bits per heavy atom. The van der Waals surface area contributed by atoms with Crippen molar-refractivity contribution in [3.8, 4) is 0 Å². The van der Waals surface area contributed by atoms with Gasteiger partial charge in [-0.2, -0.15) is 0 Å². The number of hydrogen-bond acceptors (Lipinski definition) is 4. The molecule has 0 amide bonds. The van der Waals surface area contributed by atoms with Gasteiger partial charge in [0.2, 0.25) is 0 Å². The molecule has 0 aromatic rings. The van der Waals surface area contributed by atoms with E-state index in [1.807, 2.05) is 0 Å². The Hall–Kier alpha value is 4.37. The van der Waals surface area contributed by atoms with Crippen molar-refractivity contribution in [1.82, 2.24) is 0 Å². The minimum atomic E-state index is -2.74. The monoisotopic (exact) mass is 336 g/mol. The Labute approximate surface area is 252 Å². The van der Waals surface area contributed by atoms with Crippen LogP contribution >= 0.6 is 0 Å². The first-order valence-electron chi connectivity index (χ1n) is 3.17. The van der Waals surface area contributed by atoms with Gasteiger partial charge in [-0.25, -0.2) is 4.79 Å². The molecule has 0 aromatic carbocycles. The Morgan fingerprint density at radius 3 is 1.05 bits per heavy atom. The zero-order valence-corrected chi connectivity index (χ0v) is 24.4. The van der Waals surface area contributed by atoms with Gasteiger partial charge in [0.15, 0.2) is 5.60 Å². The Bertz CT molecular complexity index is 264. The van der Waals surface area contributed by atoms with Gasteiger partial charge in [0.05, 0.1) is 12.8 Å². The van der Waals surface area contributed by atoms with Crippen LogP contribution in [0.25, 0.3) is 0 Å². The number of carbonyl (C=O) groups is 3. The Morgan fingerprint density at radius 2 is 0.947 bits per heavy atom. The van der Waals surface area contributed by atoms with Crippen LogP contribution in [-0.4, -0.2) is 43.9 Å². The fourth-order valence-corrected chi connectivity index (χ4v) is 0.714. The van der Waals surface area contributed by atoms with Gasteiger partial charge in [0.25, 0.3) is 0 Å². The molecular formula is C6H14Na6O7. The summed E-state index contributed by atoms with van der Waals surface area (Å²) in [6.07, 6.45) is -2.29. The molecule has 7 nitrogen and oxygen atoms in total. The van der Waals surface area contributed by atoms with E-state index in [0.717, 1.165) is 0 Å². The summed E-state index contributed by atoms with van der Waals surface area (Å²) >= 11 is 0. The molecule has 0 aliphatic carbocycles. The predicted octanol–water partition coefficient (Wildman–Crippen LogP) is -18.5. The first-order valence-corrected chi connectivity index (χ1v) is 3.17. The van der Waals surface area contributed by atoms with Gasteiger partial charge in [0.1, 0.15) is 0 Å². The maximum absolute atomic E-state index is 10.3. The molecule has 0 aliphatic heterocycles. The molecule has 0 saturated heterocycles. The summed E-state index contributed by atoms with van der Waals surface area (Å²) < 4.78 is 0. The van der Waals surface area contributed by atoms with E-state index in [1.165, 1.54) is 0 Å². The van der Waals surface area contributed by atoms with Crippen molar-refractivity contribution in [2.75, 3.05) is 0 Å². The van der Waals surface area contributed by atoms with Crippen LogP contribution in [0, 0.1) is 0 Å². The van der Waals surface area contributed by atoms with Crippen LogP contribution in [0.2, 0.25) is 0 Å². The van der Waals surface area contributed by atoms with E-state index in [-0.39, 0.29) is 186 Å². The van der Waals surface area contributed by atoms with Crippen molar-refractivity contribution >= 4 is 17.9 Å². The molecule has 0 aliphatic rings. The molecule has 19 heavy (non-hydrogen) atoms. The summed E-state index contributed by atoms with van der Waals surface area (Å²) in [5.41, 5.74) is -2.74. The fourth-order valence-electron chi connectivity index (χ4n) is 0.714. The molecule has 0 radical (unpaired) electrons. The van der Waals surface area contributed by atoms with Gasteiger partial charge >= 0.3 is 195 Å². The van der Waals surface area contributed by atoms with E-state index in [9.17, 15) is 14.4 Å². The third kappa shape index (κ3) is 22.4. The number of carboxylic acids is 3. The van der Waals surface area contributed by atoms with Crippen molar-refractivity contribution in [1.29, 1.82) is 0 Å². The summed E-state index contributed by atoms with van der Waals surface area (Å²) in [4.78, 5) is 30.5. The van der Waals surface area contributed by atoms with E-state index < -0.39 is 36.4 Å². The molecule has 0 heterocycles. The summed E-state index contributed by atoms with van der Waals surface area (Å²) in [6, 6.07) is 0. The second kappa shape index (κ2) is 22.4. The smallest absolute Gasteiger partial charge is 1.00 e. The number of hydrogen-bond donors (Lipinski definition) is 4. The quantitative estimate of drug-likeness (QED) is 0.367. The first kappa shape index (κ1) is 43.6. The molecule has 4 N–H and O–H groups in total. The molecule has 0 aromatic heterocycles. The summed E-state index contributed by atoms with van der Waals surface area (Å²) in [6.45, 7) is 0. The van der Waals surface area contributed by atoms with E-state index in [2.05, 4.69) is 0 Å². The average molecular weight is 336 g/mol. The molecule has 0 atom stereocenters. The second-order valence-electron chi connectivity index (χ2n) is 2.48. The topological polar surface area (TPSA) is 132 Å². The molecule has 0 bridgehead atoms.